The van der Waals surface area contributed by atoms with Gasteiger partial charge in [0, 0.05) is 50.2 Å². The molecule has 4 heterocycles. The second kappa shape index (κ2) is 10.6. The van der Waals surface area contributed by atoms with Crippen molar-refractivity contribution in [1.82, 2.24) is 30.3 Å². The Hall–Kier alpha value is -2.68. The van der Waals surface area contributed by atoms with Crippen LogP contribution >= 0.6 is 24.8 Å². The number of anilines is 1. The van der Waals surface area contributed by atoms with Crippen molar-refractivity contribution in [2.45, 2.75) is 25.9 Å². The Balaban J connectivity index is 0.00000171. The van der Waals surface area contributed by atoms with Gasteiger partial charge in [-0.15, -0.1) is 35.0 Å². The fraction of sp³-hybridized carbons (Fsp3) is 0.333. The maximum Gasteiger partial charge on any atom is 0.151 e. The summed E-state index contributed by atoms with van der Waals surface area (Å²) in [7, 11) is 1.87. The van der Waals surface area contributed by atoms with Crippen molar-refractivity contribution >= 4 is 42.8 Å². The Morgan fingerprint density at radius 1 is 1.03 bits per heavy atom. The summed E-state index contributed by atoms with van der Waals surface area (Å²) in [6, 6.07) is 6.26. The summed E-state index contributed by atoms with van der Waals surface area (Å²) in [6.45, 7) is 6.10. The summed E-state index contributed by atoms with van der Waals surface area (Å²) < 4.78 is 1.74. The first-order chi connectivity index (χ1) is 14.0. The second-order valence-electron chi connectivity index (χ2n) is 7.57. The number of aryl methyl sites for hydroxylation is 1. The molecule has 1 saturated heterocycles. The lowest BCUT2D eigenvalue weighted by Gasteiger charge is -2.36. The van der Waals surface area contributed by atoms with Gasteiger partial charge in [-0.2, -0.15) is 5.10 Å². The number of aromatic hydroxyl groups is 1. The predicted molar refractivity (Wildman–Crippen MR) is 128 cm³/mol. The summed E-state index contributed by atoms with van der Waals surface area (Å²) in [4.78, 5) is 6.61. The van der Waals surface area contributed by atoms with Crippen LogP contribution in [-0.2, 0) is 7.05 Å². The van der Waals surface area contributed by atoms with E-state index in [9.17, 15) is 5.11 Å². The van der Waals surface area contributed by atoms with Gasteiger partial charge in [0.25, 0.3) is 0 Å². The average Bonchev–Trinajstić information content (AvgIpc) is 3.11. The first-order valence-corrected chi connectivity index (χ1v) is 9.69. The molecule has 2 N–H and O–H groups in total. The lowest BCUT2D eigenvalue weighted by atomic mass is 10.1. The first-order valence-electron chi connectivity index (χ1n) is 9.69. The van der Waals surface area contributed by atoms with Crippen LogP contribution in [-0.4, -0.2) is 55.2 Å². The van der Waals surface area contributed by atoms with Crippen molar-refractivity contribution in [2.24, 2.45) is 7.05 Å². The molecule has 31 heavy (non-hydrogen) atoms. The number of halogens is 2. The molecule has 3 aromatic heterocycles. The number of piperazine rings is 1. The molecule has 2 atom stereocenters. The molecular formula is C21H27Cl2N7O. The quantitative estimate of drug-likeness (QED) is 0.613. The third kappa shape index (κ3) is 5.94. The molecule has 0 aliphatic carbocycles. The Morgan fingerprint density at radius 2 is 1.74 bits per heavy atom. The van der Waals surface area contributed by atoms with Crippen LogP contribution in [0.1, 0.15) is 25.0 Å². The Morgan fingerprint density at radius 3 is 2.32 bits per heavy atom. The number of hydrogen-bond donors (Lipinski definition) is 2. The van der Waals surface area contributed by atoms with Crippen LogP contribution in [0.3, 0.4) is 0 Å². The van der Waals surface area contributed by atoms with E-state index in [0.29, 0.717) is 23.5 Å². The van der Waals surface area contributed by atoms with Crippen LogP contribution in [0.25, 0.3) is 23.5 Å². The third-order valence-corrected chi connectivity index (χ3v) is 4.86. The summed E-state index contributed by atoms with van der Waals surface area (Å²) in [5.41, 5.74) is 2.74. The molecule has 166 valence electrons. The molecule has 0 aromatic carbocycles. The van der Waals surface area contributed by atoms with Crippen molar-refractivity contribution < 1.29 is 5.11 Å². The molecule has 1 aliphatic heterocycles. The molecule has 1 fully saturated rings. The molecule has 0 bridgehead atoms. The van der Waals surface area contributed by atoms with Gasteiger partial charge in [-0.05, 0) is 37.6 Å². The molecule has 0 saturated carbocycles. The highest BCUT2D eigenvalue weighted by atomic mass is 35.5. The van der Waals surface area contributed by atoms with Gasteiger partial charge in [0.1, 0.15) is 17.1 Å². The van der Waals surface area contributed by atoms with Crippen LogP contribution in [0.4, 0.5) is 5.82 Å². The number of nitrogens with one attached hydrogen (secondary N) is 1. The largest absolute Gasteiger partial charge is 0.506 e. The van der Waals surface area contributed by atoms with E-state index in [2.05, 4.69) is 44.3 Å². The highest BCUT2D eigenvalue weighted by Crippen LogP contribution is 2.27. The monoisotopic (exact) mass is 463 g/mol. The fourth-order valence-electron chi connectivity index (χ4n) is 3.61. The third-order valence-electron chi connectivity index (χ3n) is 4.86. The lowest BCUT2D eigenvalue weighted by Crippen LogP contribution is -2.54. The second-order valence-corrected chi connectivity index (χ2v) is 7.57. The minimum Gasteiger partial charge on any atom is -0.506 e. The van der Waals surface area contributed by atoms with Gasteiger partial charge in [0.15, 0.2) is 5.82 Å². The van der Waals surface area contributed by atoms with Gasteiger partial charge >= 0.3 is 0 Å². The lowest BCUT2D eigenvalue weighted by molar-refractivity contribution is 0.404. The zero-order valence-corrected chi connectivity index (χ0v) is 19.3. The van der Waals surface area contributed by atoms with Crippen LogP contribution in [0.2, 0.25) is 0 Å². The van der Waals surface area contributed by atoms with Gasteiger partial charge in [-0.25, -0.2) is 4.98 Å². The van der Waals surface area contributed by atoms with Crippen molar-refractivity contribution in [3.05, 3.63) is 47.9 Å². The summed E-state index contributed by atoms with van der Waals surface area (Å²) in [6.07, 6.45) is 9.20. The summed E-state index contributed by atoms with van der Waals surface area (Å²) in [5.74, 6) is 0.911. The van der Waals surface area contributed by atoms with E-state index in [-0.39, 0.29) is 30.6 Å². The molecule has 4 rings (SSSR count). The van der Waals surface area contributed by atoms with E-state index in [4.69, 9.17) is 0 Å². The van der Waals surface area contributed by atoms with E-state index in [0.717, 1.165) is 30.0 Å². The smallest absolute Gasteiger partial charge is 0.151 e. The zero-order valence-electron chi connectivity index (χ0n) is 17.6. The van der Waals surface area contributed by atoms with Crippen LogP contribution in [0, 0.1) is 0 Å². The molecule has 0 radical (unpaired) electrons. The number of nitrogens with zero attached hydrogens (tertiary/aromatic N) is 6. The molecule has 0 spiro atoms. The van der Waals surface area contributed by atoms with Gasteiger partial charge in [-0.1, -0.05) is 12.2 Å². The number of rotatable bonds is 4. The SMILES string of the molecule is C[C@@H]1CN(c2ccc(-c3ncc(/C=C/c4cnn(C)c4)cc3O)nn2)C[C@@H](C)N1.Cl.Cl. The minimum absolute atomic E-state index is 0. The van der Waals surface area contributed by atoms with Crippen molar-refractivity contribution in [2.75, 3.05) is 18.0 Å². The van der Waals surface area contributed by atoms with Gasteiger partial charge in [0.2, 0.25) is 0 Å². The maximum absolute atomic E-state index is 10.4. The van der Waals surface area contributed by atoms with Gasteiger partial charge in [-0.3, -0.25) is 4.68 Å². The molecule has 8 nitrogen and oxygen atoms in total. The van der Waals surface area contributed by atoms with E-state index in [1.54, 1.807) is 23.1 Å². The van der Waals surface area contributed by atoms with Crippen LogP contribution in [0.15, 0.2) is 36.8 Å². The molecule has 10 heteroatoms. The first kappa shape index (κ1) is 24.6. The highest BCUT2D eigenvalue weighted by molar-refractivity contribution is 5.85. The van der Waals surface area contributed by atoms with Gasteiger partial charge < -0.3 is 15.3 Å². The van der Waals surface area contributed by atoms with Crippen molar-refractivity contribution in [3.8, 4) is 17.1 Å². The summed E-state index contributed by atoms with van der Waals surface area (Å²) in [5, 5.41) is 26.7. The molecule has 0 amide bonds. The van der Waals surface area contributed by atoms with E-state index >= 15 is 0 Å². The number of aromatic nitrogens is 5. The summed E-state index contributed by atoms with van der Waals surface area (Å²) >= 11 is 0. The molecule has 0 unspecified atom stereocenters. The molecule has 3 aromatic rings. The zero-order chi connectivity index (χ0) is 20.4. The van der Waals surface area contributed by atoms with Crippen molar-refractivity contribution in [1.29, 1.82) is 0 Å². The number of pyridine rings is 1. The minimum atomic E-state index is 0. The fourth-order valence-corrected chi connectivity index (χ4v) is 3.61. The Bertz CT molecular complexity index is 1010. The highest BCUT2D eigenvalue weighted by Gasteiger charge is 2.22. The Labute approximate surface area is 194 Å². The number of hydrogen-bond acceptors (Lipinski definition) is 7. The average molecular weight is 464 g/mol. The molecular weight excluding hydrogens is 437 g/mol. The standard InChI is InChI=1S/C21H25N7O.2ClH/c1-14-11-28(12-15(2)24-14)20-7-6-18(25-26-20)21-19(29)8-16(9-22-21)4-5-17-10-23-27(3)13-17;;/h4-10,13-15,24,29H,11-12H2,1-3H3;2*1H/b5-4+;;/t14-,15-;;/m1../s1. The predicted octanol–water partition coefficient (Wildman–Crippen LogP) is 3.18. The normalized spacial score (nSPS) is 18.5. The van der Waals surface area contributed by atoms with Gasteiger partial charge in [0.05, 0.1) is 6.20 Å². The van der Waals surface area contributed by atoms with Crippen LogP contribution in [0.5, 0.6) is 5.75 Å². The van der Waals surface area contributed by atoms with Crippen LogP contribution < -0.4 is 10.2 Å². The van der Waals surface area contributed by atoms with E-state index in [1.807, 2.05) is 37.5 Å². The van der Waals surface area contributed by atoms with Crippen molar-refractivity contribution in [3.63, 3.8) is 0 Å². The topological polar surface area (TPSA) is 92.0 Å². The maximum atomic E-state index is 10.4. The molecule has 1 aliphatic rings. The van der Waals surface area contributed by atoms with E-state index < -0.39 is 0 Å². The Kier molecular flexibility index (Phi) is 8.38. The van der Waals surface area contributed by atoms with E-state index in [1.165, 1.54) is 0 Å².